The predicted molar refractivity (Wildman–Crippen MR) is 94.4 cm³/mol. The molecule has 126 valence electrons. The average molecular weight is 344 g/mol. The van der Waals surface area contributed by atoms with Crippen LogP contribution in [0.25, 0.3) is 11.0 Å². The number of fused-ring (bicyclic) bond motifs is 1. The monoisotopic (exact) mass is 344 g/mol. The summed E-state index contributed by atoms with van der Waals surface area (Å²) in [5, 5.41) is 4.82. The first-order valence-electron chi connectivity index (χ1n) is 7.71. The van der Waals surface area contributed by atoms with E-state index in [2.05, 4.69) is 10.3 Å². The van der Waals surface area contributed by atoms with Gasteiger partial charge in [-0.15, -0.1) is 11.3 Å². The average Bonchev–Trinajstić information content (AvgIpc) is 3.06. The minimum absolute atomic E-state index is 0.206. The highest BCUT2D eigenvalue weighted by molar-refractivity contribution is 7.11. The number of carbonyl (C=O) groups is 1. The third kappa shape index (κ3) is 3.20. The van der Waals surface area contributed by atoms with E-state index in [0.717, 1.165) is 37.7 Å². The second-order valence-electron chi connectivity index (χ2n) is 5.79. The zero-order valence-corrected chi connectivity index (χ0v) is 15.0. The summed E-state index contributed by atoms with van der Waals surface area (Å²) in [5.74, 6) is 0.164. The number of hydrogen-bond acceptors (Lipinski definition) is 5. The number of thiazole rings is 1. The van der Waals surface area contributed by atoms with E-state index < -0.39 is 0 Å². The lowest BCUT2D eigenvalue weighted by Crippen LogP contribution is -2.22. The second-order valence-corrected chi connectivity index (χ2v) is 6.96. The molecule has 0 bridgehead atoms. The van der Waals surface area contributed by atoms with Gasteiger partial charge in [-0.2, -0.15) is 0 Å². The van der Waals surface area contributed by atoms with Crippen LogP contribution in [-0.2, 0) is 17.9 Å². The lowest BCUT2D eigenvalue weighted by Gasteiger charge is -2.02. The second kappa shape index (κ2) is 6.75. The summed E-state index contributed by atoms with van der Waals surface area (Å²) < 4.78 is 10.8. The Morgan fingerprint density at radius 3 is 2.88 bits per heavy atom. The summed E-state index contributed by atoms with van der Waals surface area (Å²) in [6.07, 6.45) is 0. The van der Waals surface area contributed by atoms with Crippen molar-refractivity contribution < 1.29 is 13.9 Å². The fraction of sp³-hybridized carbons (Fsp3) is 0.333. The molecule has 6 heteroatoms. The van der Waals surface area contributed by atoms with Crippen molar-refractivity contribution in [2.75, 3.05) is 7.11 Å². The lowest BCUT2D eigenvalue weighted by molar-refractivity contribution is 0.0925. The summed E-state index contributed by atoms with van der Waals surface area (Å²) in [6, 6.07) is 5.92. The van der Waals surface area contributed by atoms with Crippen LogP contribution in [0.15, 0.2) is 22.6 Å². The number of rotatable bonds is 5. The minimum Gasteiger partial charge on any atom is -0.451 e. The first-order chi connectivity index (χ1) is 11.5. The summed E-state index contributed by atoms with van der Waals surface area (Å²) in [4.78, 5) is 18.0. The number of furan rings is 1. The normalized spacial score (nSPS) is 11.2. The van der Waals surface area contributed by atoms with Gasteiger partial charge in [0.25, 0.3) is 5.91 Å². The van der Waals surface area contributed by atoms with Crippen molar-refractivity contribution >= 4 is 28.2 Å². The molecule has 0 aliphatic heterocycles. The maximum Gasteiger partial charge on any atom is 0.287 e. The molecule has 0 radical (unpaired) electrons. The number of nitrogens with zero attached hydrogens (tertiary/aromatic N) is 1. The van der Waals surface area contributed by atoms with Crippen molar-refractivity contribution in [2.24, 2.45) is 0 Å². The van der Waals surface area contributed by atoms with Crippen LogP contribution in [-0.4, -0.2) is 18.0 Å². The largest absolute Gasteiger partial charge is 0.451 e. The molecule has 0 atom stereocenters. The Kier molecular flexibility index (Phi) is 4.69. The van der Waals surface area contributed by atoms with Gasteiger partial charge in [-0.05, 0) is 32.9 Å². The molecule has 3 rings (SSSR count). The van der Waals surface area contributed by atoms with E-state index in [1.54, 1.807) is 18.4 Å². The number of methoxy groups -OCH3 is 1. The zero-order valence-electron chi connectivity index (χ0n) is 14.2. The summed E-state index contributed by atoms with van der Waals surface area (Å²) >= 11 is 1.55. The smallest absolute Gasteiger partial charge is 0.287 e. The van der Waals surface area contributed by atoms with Gasteiger partial charge >= 0.3 is 0 Å². The first kappa shape index (κ1) is 16.7. The number of benzene rings is 1. The van der Waals surface area contributed by atoms with Gasteiger partial charge in [-0.25, -0.2) is 4.98 Å². The maximum atomic E-state index is 12.5. The molecule has 3 aromatic rings. The highest BCUT2D eigenvalue weighted by Crippen LogP contribution is 2.26. The van der Waals surface area contributed by atoms with Gasteiger partial charge in [0.1, 0.15) is 10.6 Å². The van der Waals surface area contributed by atoms with E-state index >= 15 is 0 Å². The van der Waals surface area contributed by atoms with Gasteiger partial charge in [-0.1, -0.05) is 11.6 Å². The molecule has 1 aromatic carbocycles. The van der Waals surface area contributed by atoms with E-state index in [-0.39, 0.29) is 5.91 Å². The number of aryl methyl sites for hydroxylation is 3. The third-order valence-electron chi connectivity index (χ3n) is 3.91. The Morgan fingerprint density at radius 1 is 1.33 bits per heavy atom. The highest BCUT2D eigenvalue weighted by atomic mass is 32.1. The standard InChI is InChI=1S/C18H20N2O3S/c1-10-5-6-14-13(7-10)11(2)17(23-14)18(21)19-8-15-12(3)20-16(24-15)9-22-4/h5-7H,8-9H2,1-4H3,(H,19,21). The fourth-order valence-electron chi connectivity index (χ4n) is 2.63. The van der Waals surface area contributed by atoms with Crippen LogP contribution in [0.3, 0.4) is 0 Å². The van der Waals surface area contributed by atoms with Crippen LogP contribution in [0.4, 0.5) is 0 Å². The SMILES string of the molecule is COCc1nc(C)c(CNC(=O)c2oc3ccc(C)cc3c2C)s1. The van der Waals surface area contributed by atoms with Crippen molar-refractivity contribution in [1.82, 2.24) is 10.3 Å². The van der Waals surface area contributed by atoms with Gasteiger partial charge in [0.15, 0.2) is 5.76 Å². The van der Waals surface area contributed by atoms with E-state index in [0.29, 0.717) is 18.9 Å². The molecule has 0 saturated heterocycles. The van der Waals surface area contributed by atoms with E-state index in [1.807, 2.05) is 39.0 Å². The van der Waals surface area contributed by atoms with Crippen LogP contribution in [0.5, 0.6) is 0 Å². The molecule has 0 unspecified atom stereocenters. The van der Waals surface area contributed by atoms with Gasteiger partial charge in [-0.3, -0.25) is 4.79 Å². The number of amides is 1. The van der Waals surface area contributed by atoms with Crippen molar-refractivity contribution in [1.29, 1.82) is 0 Å². The molecule has 0 aliphatic carbocycles. The molecule has 2 aromatic heterocycles. The number of hydrogen-bond donors (Lipinski definition) is 1. The Hall–Kier alpha value is -2.18. The number of ether oxygens (including phenoxy) is 1. The Morgan fingerprint density at radius 2 is 2.12 bits per heavy atom. The molecular formula is C18H20N2O3S. The molecule has 1 amide bonds. The van der Waals surface area contributed by atoms with Crippen LogP contribution in [0.2, 0.25) is 0 Å². The fourth-order valence-corrected chi connectivity index (χ4v) is 3.61. The quantitative estimate of drug-likeness (QED) is 0.762. The Labute approximate surface area is 144 Å². The molecule has 24 heavy (non-hydrogen) atoms. The molecule has 1 N–H and O–H groups in total. The van der Waals surface area contributed by atoms with Crippen LogP contribution in [0.1, 0.15) is 37.3 Å². The van der Waals surface area contributed by atoms with Crippen LogP contribution >= 0.6 is 11.3 Å². The molecule has 2 heterocycles. The lowest BCUT2D eigenvalue weighted by atomic mass is 10.1. The van der Waals surface area contributed by atoms with Crippen molar-refractivity contribution in [2.45, 2.75) is 33.9 Å². The van der Waals surface area contributed by atoms with E-state index in [4.69, 9.17) is 9.15 Å². The predicted octanol–water partition coefficient (Wildman–Crippen LogP) is 3.89. The molecule has 0 saturated carbocycles. The van der Waals surface area contributed by atoms with Gasteiger partial charge in [0, 0.05) is 22.9 Å². The molecule has 0 aliphatic rings. The molecular weight excluding hydrogens is 324 g/mol. The van der Waals surface area contributed by atoms with E-state index in [1.165, 1.54) is 0 Å². The highest BCUT2D eigenvalue weighted by Gasteiger charge is 2.18. The topological polar surface area (TPSA) is 64.4 Å². The molecule has 0 spiro atoms. The van der Waals surface area contributed by atoms with Crippen molar-refractivity contribution in [3.63, 3.8) is 0 Å². The van der Waals surface area contributed by atoms with Gasteiger partial charge < -0.3 is 14.5 Å². The number of aromatic nitrogens is 1. The van der Waals surface area contributed by atoms with E-state index in [9.17, 15) is 4.79 Å². The van der Waals surface area contributed by atoms with Crippen LogP contribution in [0, 0.1) is 20.8 Å². The zero-order chi connectivity index (χ0) is 17.3. The summed E-state index contributed by atoms with van der Waals surface area (Å²) in [7, 11) is 1.64. The Balaban J connectivity index is 1.77. The molecule has 5 nitrogen and oxygen atoms in total. The third-order valence-corrected chi connectivity index (χ3v) is 5.04. The summed E-state index contributed by atoms with van der Waals surface area (Å²) in [6.45, 7) is 6.79. The first-order valence-corrected chi connectivity index (χ1v) is 8.53. The number of nitrogens with one attached hydrogen (secondary N) is 1. The van der Waals surface area contributed by atoms with Crippen molar-refractivity contribution in [3.8, 4) is 0 Å². The van der Waals surface area contributed by atoms with Crippen molar-refractivity contribution in [3.05, 3.63) is 50.7 Å². The van der Waals surface area contributed by atoms with Crippen LogP contribution < -0.4 is 5.32 Å². The molecule has 0 fully saturated rings. The number of carbonyl (C=O) groups excluding carboxylic acids is 1. The minimum atomic E-state index is -0.206. The summed E-state index contributed by atoms with van der Waals surface area (Å²) in [5.41, 5.74) is 3.67. The van der Waals surface area contributed by atoms with Gasteiger partial charge in [0.2, 0.25) is 0 Å². The maximum absolute atomic E-state index is 12.5. The Bertz CT molecular complexity index is 895. The van der Waals surface area contributed by atoms with Gasteiger partial charge in [0.05, 0.1) is 18.8 Å².